The maximum absolute atomic E-state index is 5.83. The van der Waals surface area contributed by atoms with Gasteiger partial charge in [0.1, 0.15) is 5.15 Å². The molecule has 3 heterocycles. The summed E-state index contributed by atoms with van der Waals surface area (Å²) in [4.78, 5) is 6.72. The van der Waals surface area contributed by atoms with Crippen LogP contribution in [0.4, 0.5) is 5.69 Å². The third-order valence-electron chi connectivity index (χ3n) is 3.66. The van der Waals surface area contributed by atoms with Crippen molar-refractivity contribution in [3.05, 3.63) is 23.5 Å². The van der Waals surface area contributed by atoms with Gasteiger partial charge in [0, 0.05) is 18.6 Å². The van der Waals surface area contributed by atoms with E-state index in [4.69, 9.17) is 11.6 Å². The number of aromatic nitrogens is 1. The SMILES string of the molecule is Clc1ccc(N2C3CCNCC2CC3)cn1. The smallest absolute Gasteiger partial charge is 0.129 e. The van der Waals surface area contributed by atoms with Gasteiger partial charge in [0.2, 0.25) is 0 Å². The summed E-state index contributed by atoms with van der Waals surface area (Å²) in [6.07, 6.45) is 5.74. The van der Waals surface area contributed by atoms with Crippen molar-refractivity contribution in [1.29, 1.82) is 0 Å². The van der Waals surface area contributed by atoms with Crippen molar-refractivity contribution in [1.82, 2.24) is 10.3 Å². The Morgan fingerprint density at radius 2 is 2.12 bits per heavy atom. The molecule has 0 aliphatic carbocycles. The van der Waals surface area contributed by atoms with Gasteiger partial charge in [0.05, 0.1) is 11.9 Å². The number of rotatable bonds is 1. The standard InChI is InChI=1S/C12H16ClN3/c13-12-4-3-11(8-15-12)16-9-1-2-10(16)7-14-6-5-9/h3-4,8-10,14H,1-2,5-7H2. The number of nitrogens with zero attached hydrogens (tertiary/aromatic N) is 2. The van der Waals surface area contributed by atoms with E-state index in [0.717, 1.165) is 13.1 Å². The lowest BCUT2D eigenvalue weighted by atomic mass is 10.1. The Morgan fingerprint density at radius 3 is 2.94 bits per heavy atom. The lowest BCUT2D eigenvalue weighted by Crippen LogP contribution is -2.38. The summed E-state index contributed by atoms with van der Waals surface area (Å²) in [6, 6.07) is 5.29. The maximum atomic E-state index is 5.83. The zero-order valence-corrected chi connectivity index (χ0v) is 9.95. The molecular weight excluding hydrogens is 222 g/mol. The molecule has 0 amide bonds. The van der Waals surface area contributed by atoms with Gasteiger partial charge in [-0.1, -0.05) is 11.6 Å². The summed E-state index contributed by atoms with van der Waals surface area (Å²) in [5, 5.41) is 4.07. The van der Waals surface area contributed by atoms with E-state index in [2.05, 4.69) is 21.3 Å². The van der Waals surface area contributed by atoms with E-state index in [9.17, 15) is 0 Å². The fraction of sp³-hybridized carbons (Fsp3) is 0.583. The summed E-state index contributed by atoms with van der Waals surface area (Å²) in [6.45, 7) is 2.23. The molecule has 0 aromatic carbocycles. The zero-order chi connectivity index (χ0) is 11.0. The van der Waals surface area contributed by atoms with Gasteiger partial charge in [-0.05, 0) is 37.9 Å². The van der Waals surface area contributed by atoms with Crippen LogP contribution in [0.25, 0.3) is 0 Å². The average Bonchev–Trinajstić information content (AvgIpc) is 2.53. The molecule has 0 radical (unpaired) electrons. The summed E-state index contributed by atoms with van der Waals surface area (Å²) < 4.78 is 0. The predicted octanol–water partition coefficient (Wildman–Crippen LogP) is 2.07. The topological polar surface area (TPSA) is 28.2 Å². The molecule has 1 N–H and O–H groups in total. The first kappa shape index (κ1) is 10.4. The first-order valence-electron chi connectivity index (χ1n) is 5.95. The van der Waals surface area contributed by atoms with Crippen molar-refractivity contribution in [3.8, 4) is 0 Å². The Labute approximate surface area is 101 Å². The lowest BCUT2D eigenvalue weighted by molar-refractivity contribution is 0.567. The minimum absolute atomic E-state index is 0.573. The van der Waals surface area contributed by atoms with Crippen LogP contribution in [0.3, 0.4) is 0 Å². The molecule has 2 aliphatic heterocycles. The molecule has 0 spiro atoms. The van der Waals surface area contributed by atoms with Crippen LogP contribution in [-0.4, -0.2) is 30.2 Å². The van der Waals surface area contributed by atoms with Crippen LogP contribution in [0.2, 0.25) is 5.15 Å². The average molecular weight is 238 g/mol. The molecule has 0 saturated carbocycles. The predicted molar refractivity (Wildman–Crippen MR) is 66.0 cm³/mol. The molecule has 3 nitrogen and oxygen atoms in total. The van der Waals surface area contributed by atoms with E-state index in [1.807, 2.05) is 12.3 Å². The highest BCUT2D eigenvalue weighted by Crippen LogP contribution is 2.33. The van der Waals surface area contributed by atoms with Crippen molar-refractivity contribution in [3.63, 3.8) is 0 Å². The van der Waals surface area contributed by atoms with Crippen LogP contribution >= 0.6 is 11.6 Å². The van der Waals surface area contributed by atoms with Crippen LogP contribution in [-0.2, 0) is 0 Å². The number of halogens is 1. The molecule has 2 saturated heterocycles. The van der Waals surface area contributed by atoms with E-state index >= 15 is 0 Å². The van der Waals surface area contributed by atoms with Gasteiger partial charge in [0.25, 0.3) is 0 Å². The Morgan fingerprint density at radius 1 is 1.25 bits per heavy atom. The number of hydrogen-bond acceptors (Lipinski definition) is 3. The number of anilines is 1. The molecule has 1 aromatic heterocycles. The normalized spacial score (nSPS) is 29.2. The molecular formula is C12H16ClN3. The summed E-state index contributed by atoms with van der Waals surface area (Å²) >= 11 is 5.83. The summed E-state index contributed by atoms with van der Waals surface area (Å²) in [7, 11) is 0. The fourth-order valence-corrected chi connectivity index (χ4v) is 3.04. The molecule has 1 aromatic rings. The number of nitrogens with one attached hydrogen (secondary N) is 1. The Balaban J connectivity index is 1.90. The van der Waals surface area contributed by atoms with Gasteiger partial charge >= 0.3 is 0 Å². The minimum atomic E-state index is 0.573. The van der Waals surface area contributed by atoms with Crippen LogP contribution in [0.1, 0.15) is 19.3 Å². The summed E-state index contributed by atoms with van der Waals surface area (Å²) in [5.74, 6) is 0. The van der Waals surface area contributed by atoms with Gasteiger partial charge in [-0.25, -0.2) is 4.98 Å². The third-order valence-corrected chi connectivity index (χ3v) is 3.89. The fourth-order valence-electron chi connectivity index (χ4n) is 2.92. The molecule has 86 valence electrons. The second-order valence-corrected chi connectivity index (χ2v) is 5.01. The van der Waals surface area contributed by atoms with E-state index in [-0.39, 0.29) is 0 Å². The maximum Gasteiger partial charge on any atom is 0.129 e. The lowest BCUT2D eigenvalue weighted by Gasteiger charge is -2.29. The van der Waals surface area contributed by atoms with Gasteiger partial charge < -0.3 is 10.2 Å². The number of fused-ring (bicyclic) bond motifs is 2. The minimum Gasteiger partial charge on any atom is -0.363 e. The third kappa shape index (κ3) is 1.78. The highest BCUT2D eigenvalue weighted by molar-refractivity contribution is 6.29. The molecule has 3 rings (SSSR count). The number of pyridine rings is 1. The van der Waals surface area contributed by atoms with Crippen molar-refractivity contribution >= 4 is 17.3 Å². The van der Waals surface area contributed by atoms with Crippen molar-refractivity contribution in [2.45, 2.75) is 31.3 Å². The Bertz CT molecular complexity index is 351. The molecule has 2 aliphatic rings. The van der Waals surface area contributed by atoms with E-state index in [1.165, 1.54) is 24.9 Å². The molecule has 4 heteroatoms. The zero-order valence-electron chi connectivity index (χ0n) is 9.19. The van der Waals surface area contributed by atoms with Crippen LogP contribution in [0, 0.1) is 0 Å². The monoisotopic (exact) mass is 237 g/mol. The highest BCUT2D eigenvalue weighted by atomic mass is 35.5. The molecule has 2 atom stereocenters. The molecule has 2 unspecified atom stereocenters. The van der Waals surface area contributed by atoms with Crippen LogP contribution in [0.5, 0.6) is 0 Å². The second kappa shape index (κ2) is 4.22. The van der Waals surface area contributed by atoms with E-state index < -0.39 is 0 Å². The van der Waals surface area contributed by atoms with Crippen LogP contribution < -0.4 is 10.2 Å². The van der Waals surface area contributed by atoms with E-state index in [1.54, 1.807) is 0 Å². The number of hydrogen-bond donors (Lipinski definition) is 1. The Hall–Kier alpha value is -0.800. The quantitative estimate of drug-likeness (QED) is 0.758. The van der Waals surface area contributed by atoms with Crippen molar-refractivity contribution in [2.24, 2.45) is 0 Å². The van der Waals surface area contributed by atoms with Crippen molar-refractivity contribution < 1.29 is 0 Å². The van der Waals surface area contributed by atoms with Gasteiger partial charge in [-0.15, -0.1) is 0 Å². The van der Waals surface area contributed by atoms with Gasteiger partial charge in [-0.3, -0.25) is 0 Å². The molecule has 2 bridgehead atoms. The molecule has 16 heavy (non-hydrogen) atoms. The molecule has 2 fully saturated rings. The largest absolute Gasteiger partial charge is 0.363 e. The first-order valence-corrected chi connectivity index (χ1v) is 6.33. The Kier molecular flexibility index (Phi) is 2.74. The van der Waals surface area contributed by atoms with Gasteiger partial charge in [-0.2, -0.15) is 0 Å². The second-order valence-electron chi connectivity index (χ2n) is 4.62. The highest BCUT2D eigenvalue weighted by Gasteiger charge is 2.34. The van der Waals surface area contributed by atoms with Gasteiger partial charge in [0.15, 0.2) is 0 Å². The van der Waals surface area contributed by atoms with Crippen LogP contribution in [0.15, 0.2) is 18.3 Å². The summed E-state index contributed by atoms with van der Waals surface area (Å²) in [5.41, 5.74) is 1.22. The van der Waals surface area contributed by atoms with E-state index in [0.29, 0.717) is 17.2 Å². The van der Waals surface area contributed by atoms with Crippen molar-refractivity contribution in [2.75, 3.05) is 18.0 Å². The first-order chi connectivity index (χ1) is 7.84.